The highest BCUT2D eigenvalue weighted by Gasteiger charge is 2.03. The van der Waals surface area contributed by atoms with E-state index in [1.54, 1.807) is 0 Å². The lowest BCUT2D eigenvalue weighted by Gasteiger charge is -2.04. The standard InChI is InChI=1S/C25H48O2.C21H40O2/c1-3-5-6-7-8-9-10-11-12-13-14-15-16-17-18-19-20-21-22-23-24-27-25(26)4-2;1-3-4-5-6-7-8-9-10-11-12-13-14-15-16-17-18-19-20(2)21(22)23/h4H,2-3,5-24H2,1H3;2-19H2,1H3,(H,22,23). The van der Waals surface area contributed by atoms with E-state index < -0.39 is 5.97 Å². The maximum Gasteiger partial charge on any atom is 0.330 e. The molecule has 0 saturated carbocycles. The number of carboxylic acid groups (broad SMARTS) is 1. The van der Waals surface area contributed by atoms with Crippen molar-refractivity contribution >= 4 is 11.9 Å². The fraction of sp³-hybridized carbons (Fsp3) is 0.870. The summed E-state index contributed by atoms with van der Waals surface area (Å²) in [4.78, 5) is 21.5. The largest absolute Gasteiger partial charge is 0.478 e. The van der Waals surface area contributed by atoms with Crippen molar-refractivity contribution in [3.63, 3.8) is 0 Å². The number of carboxylic acids is 1. The van der Waals surface area contributed by atoms with E-state index >= 15 is 0 Å². The van der Waals surface area contributed by atoms with Gasteiger partial charge in [0.25, 0.3) is 0 Å². The summed E-state index contributed by atoms with van der Waals surface area (Å²) in [6, 6.07) is 0. The lowest BCUT2D eigenvalue weighted by Crippen LogP contribution is -2.01. The molecule has 0 atom stereocenters. The minimum absolute atomic E-state index is 0.298. The summed E-state index contributed by atoms with van der Waals surface area (Å²) >= 11 is 0. The minimum atomic E-state index is -0.842. The molecule has 0 saturated heterocycles. The van der Waals surface area contributed by atoms with Gasteiger partial charge in [-0.05, 0) is 19.3 Å². The number of unbranched alkanes of at least 4 members (excludes halogenated alkanes) is 34. The lowest BCUT2D eigenvalue weighted by molar-refractivity contribution is -0.138. The predicted octanol–water partition coefficient (Wildman–Crippen LogP) is 15.8. The SMILES string of the molecule is C=C(CCCCCCCCCCCCCCCCCC)C(=O)O.C=CC(=O)OCCCCCCCCCCCCCCCCCCCCCC. The molecule has 0 radical (unpaired) electrons. The van der Waals surface area contributed by atoms with Gasteiger partial charge in [0, 0.05) is 11.6 Å². The van der Waals surface area contributed by atoms with Crippen molar-refractivity contribution in [2.24, 2.45) is 0 Å². The molecule has 0 spiro atoms. The van der Waals surface area contributed by atoms with Gasteiger partial charge in [-0.3, -0.25) is 0 Å². The molecule has 0 amide bonds. The molecule has 0 aliphatic carbocycles. The van der Waals surface area contributed by atoms with Crippen molar-refractivity contribution < 1.29 is 19.4 Å². The summed E-state index contributed by atoms with van der Waals surface area (Å²) in [5.41, 5.74) is 0.357. The Hall–Kier alpha value is -1.58. The monoisotopic (exact) mass is 705 g/mol. The summed E-state index contributed by atoms with van der Waals surface area (Å²) in [6.07, 6.45) is 51.1. The number of aliphatic carboxylic acids is 1. The Morgan fingerprint density at radius 2 is 0.680 bits per heavy atom. The van der Waals surface area contributed by atoms with Gasteiger partial charge in [0.05, 0.1) is 6.61 Å². The predicted molar refractivity (Wildman–Crippen MR) is 220 cm³/mol. The van der Waals surface area contributed by atoms with E-state index in [1.165, 1.54) is 218 Å². The second-order valence-corrected chi connectivity index (χ2v) is 15.1. The van der Waals surface area contributed by atoms with Crippen LogP contribution in [0.1, 0.15) is 251 Å². The maximum absolute atomic E-state index is 10.9. The summed E-state index contributed by atoms with van der Waals surface area (Å²) in [5, 5.41) is 8.71. The second-order valence-electron chi connectivity index (χ2n) is 15.1. The fourth-order valence-corrected chi connectivity index (χ4v) is 6.58. The molecule has 4 heteroatoms. The number of ether oxygens (including phenoxy) is 1. The van der Waals surface area contributed by atoms with Crippen molar-refractivity contribution in [2.45, 2.75) is 251 Å². The molecule has 0 aromatic carbocycles. The topological polar surface area (TPSA) is 63.6 Å². The Balaban J connectivity index is 0. The molecule has 0 bridgehead atoms. The lowest BCUT2D eigenvalue weighted by atomic mass is 10.0. The van der Waals surface area contributed by atoms with Crippen molar-refractivity contribution in [1.29, 1.82) is 0 Å². The number of hydrogen-bond donors (Lipinski definition) is 1. The van der Waals surface area contributed by atoms with Gasteiger partial charge in [-0.25, -0.2) is 9.59 Å². The van der Waals surface area contributed by atoms with Gasteiger partial charge in [0.2, 0.25) is 0 Å². The molecule has 0 aromatic heterocycles. The summed E-state index contributed by atoms with van der Waals surface area (Å²) in [6.45, 7) is 12.1. The van der Waals surface area contributed by atoms with Crippen LogP contribution in [0.5, 0.6) is 0 Å². The number of rotatable bonds is 40. The number of esters is 1. The zero-order chi connectivity index (χ0) is 37.0. The van der Waals surface area contributed by atoms with Crippen molar-refractivity contribution in [3.05, 3.63) is 24.8 Å². The Kier molecular flexibility index (Phi) is 45.9. The van der Waals surface area contributed by atoms with Crippen LogP contribution in [0.3, 0.4) is 0 Å². The van der Waals surface area contributed by atoms with E-state index in [4.69, 9.17) is 9.84 Å². The van der Waals surface area contributed by atoms with E-state index in [0.29, 0.717) is 18.6 Å². The first-order chi connectivity index (χ1) is 24.5. The highest BCUT2D eigenvalue weighted by molar-refractivity contribution is 5.85. The first kappa shape index (κ1) is 50.5. The molecule has 50 heavy (non-hydrogen) atoms. The van der Waals surface area contributed by atoms with Gasteiger partial charge in [-0.2, -0.15) is 0 Å². The van der Waals surface area contributed by atoms with Crippen LogP contribution >= 0.6 is 0 Å². The Labute approximate surface area is 313 Å². The van der Waals surface area contributed by atoms with Gasteiger partial charge in [0.15, 0.2) is 0 Å². The van der Waals surface area contributed by atoms with E-state index in [0.717, 1.165) is 19.3 Å². The van der Waals surface area contributed by atoms with Gasteiger partial charge in [0.1, 0.15) is 0 Å². The molecule has 0 heterocycles. The van der Waals surface area contributed by atoms with E-state index in [2.05, 4.69) is 27.0 Å². The molecule has 0 fully saturated rings. The Bertz CT molecular complexity index is 715. The normalized spacial score (nSPS) is 10.8. The van der Waals surface area contributed by atoms with Crippen LogP contribution in [-0.2, 0) is 14.3 Å². The molecule has 0 aliphatic heterocycles. The van der Waals surface area contributed by atoms with Crippen molar-refractivity contribution in [2.75, 3.05) is 6.61 Å². The van der Waals surface area contributed by atoms with Crippen LogP contribution in [0.2, 0.25) is 0 Å². The highest BCUT2D eigenvalue weighted by atomic mass is 16.5. The molecule has 296 valence electrons. The van der Waals surface area contributed by atoms with Crippen LogP contribution in [0, 0.1) is 0 Å². The third-order valence-corrected chi connectivity index (χ3v) is 10.0. The molecule has 1 N–H and O–H groups in total. The second kappa shape index (κ2) is 45.4. The van der Waals surface area contributed by atoms with Crippen LogP contribution in [0.25, 0.3) is 0 Å². The van der Waals surface area contributed by atoms with Crippen LogP contribution in [0.15, 0.2) is 24.8 Å². The average Bonchev–Trinajstić information content (AvgIpc) is 3.12. The van der Waals surface area contributed by atoms with Gasteiger partial charge in [-0.15, -0.1) is 0 Å². The Morgan fingerprint density at radius 3 is 0.920 bits per heavy atom. The molecule has 0 rings (SSSR count). The minimum Gasteiger partial charge on any atom is -0.478 e. The van der Waals surface area contributed by atoms with E-state index in [-0.39, 0.29) is 5.97 Å². The Morgan fingerprint density at radius 1 is 0.440 bits per heavy atom. The first-order valence-corrected chi connectivity index (χ1v) is 22.2. The molecule has 0 aromatic rings. The third kappa shape index (κ3) is 46.4. The summed E-state index contributed by atoms with van der Waals surface area (Å²) in [5.74, 6) is -1.14. The van der Waals surface area contributed by atoms with Gasteiger partial charge in [-0.1, -0.05) is 245 Å². The third-order valence-electron chi connectivity index (χ3n) is 10.0. The van der Waals surface area contributed by atoms with Crippen LogP contribution in [0.4, 0.5) is 0 Å². The molecular weight excluding hydrogens is 617 g/mol. The molecule has 0 aliphatic rings. The number of carbonyl (C=O) groups is 2. The molecule has 0 unspecified atom stereocenters. The first-order valence-electron chi connectivity index (χ1n) is 22.2. The maximum atomic E-state index is 10.9. The van der Waals surface area contributed by atoms with Crippen LogP contribution in [-0.4, -0.2) is 23.7 Å². The van der Waals surface area contributed by atoms with Crippen LogP contribution < -0.4 is 0 Å². The smallest absolute Gasteiger partial charge is 0.330 e. The average molecular weight is 705 g/mol. The summed E-state index contributed by atoms with van der Waals surface area (Å²) in [7, 11) is 0. The van der Waals surface area contributed by atoms with E-state index in [9.17, 15) is 9.59 Å². The van der Waals surface area contributed by atoms with Crippen molar-refractivity contribution in [3.8, 4) is 0 Å². The zero-order valence-electron chi connectivity index (χ0n) is 34.0. The molecule has 4 nitrogen and oxygen atoms in total. The van der Waals surface area contributed by atoms with E-state index in [1.807, 2.05) is 0 Å². The summed E-state index contributed by atoms with van der Waals surface area (Å²) < 4.78 is 4.97. The quantitative estimate of drug-likeness (QED) is 0.0392. The zero-order valence-corrected chi connectivity index (χ0v) is 34.0. The number of hydrogen-bond acceptors (Lipinski definition) is 3. The van der Waals surface area contributed by atoms with Gasteiger partial charge >= 0.3 is 11.9 Å². The fourth-order valence-electron chi connectivity index (χ4n) is 6.58. The van der Waals surface area contributed by atoms with Gasteiger partial charge < -0.3 is 9.84 Å². The molecular formula is C46H88O4. The van der Waals surface area contributed by atoms with Crippen molar-refractivity contribution in [1.82, 2.24) is 0 Å². The number of carbonyl (C=O) groups excluding carboxylic acids is 1. The highest BCUT2D eigenvalue weighted by Crippen LogP contribution is 2.16.